The highest BCUT2D eigenvalue weighted by atomic mass is 16.5. The lowest BCUT2D eigenvalue weighted by molar-refractivity contribution is -0.0413. The average Bonchev–Trinajstić information content (AvgIpc) is 2.40. The standard InChI is InChI=1S/C15H25NO2/c1-4-16(5-2)11-12-18-13-15(3,17)14-9-7-6-8-10-14/h6-10,17H,4-5,11-13H2,1-3H3/t15-/m1/s1. The zero-order chi connectivity index (χ0) is 13.4. The summed E-state index contributed by atoms with van der Waals surface area (Å²) in [6, 6.07) is 9.65. The summed E-state index contributed by atoms with van der Waals surface area (Å²) in [7, 11) is 0. The lowest BCUT2D eigenvalue weighted by Gasteiger charge is -2.25. The second-order valence-corrected chi connectivity index (χ2v) is 4.72. The van der Waals surface area contributed by atoms with E-state index in [1.807, 2.05) is 30.3 Å². The van der Waals surface area contributed by atoms with E-state index in [1.54, 1.807) is 6.92 Å². The molecule has 18 heavy (non-hydrogen) atoms. The van der Waals surface area contributed by atoms with E-state index in [9.17, 15) is 5.11 Å². The Balaban J connectivity index is 2.34. The third kappa shape index (κ3) is 4.77. The number of hydrogen-bond acceptors (Lipinski definition) is 3. The van der Waals surface area contributed by atoms with Crippen molar-refractivity contribution in [2.24, 2.45) is 0 Å². The average molecular weight is 251 g/mol. The highest BCUT2D eigenvalue weighted by molar-refractivity contribution is 5.21. The van der Waals surface area contributed by atoms with Gasteiger partial charge in [-0.05, 0) is 25.6 Å². The summed E-state index contributed by atoms with van der Waals surface area (Å²) < 4.78 is 5.60. The van der Waals surface area contributed by atoms with E-state index in [4.69, 9.17) is 4.74 Å². The SMILES string of the molecule is CCN(CC)CCOC[C@@](C)(O)c1ccccc1. The van der Waals surface area contributed by atoms with Gasteiger partial charge in [0, 0.05) is 6.54 Å². The first-order valence-electron chi connectivity index (χ1n) is 6.68. The van der Waals surface area contributed by atoms with Gasteiger partial charge in [0.25, 0.3) is 0 Å². The van der Waals surface area contributed by atoms with Crippen LogP contribution in [0.4, 0.5) is 0 Å². The van der Waals surface area contributed by atoms with Gasteiger partial charge < -0.3 is 14.7 Å². The number of likely N-dealkylation sites (N-methyl/N-ethyl adjacent to an activating group) is 1. The molecule has 0 unspecified atom stereocenters. The van der Waals surface area contributed by atoms with Gasteiger partial charge in [-0.25, -0.2) is 0 Å². The van der Waals surface area contributed by atoms with E-state index in [1.165, 1.54) is 0 Å². The maximum absolute atomic E-state index is 10.3. The number of hydrogen-bond donors (Lipinski definition) is 1. The molecule has 0 amide bonds. The third-order valence-electron chi connectivity index (χ3n) is 3.23. The number of rotatable bonds is 8. The monoisotopic (exact) mass is 251 g/mol. The van der Waals surface area contributed by atoms with Crippen molar-refractivity contribution >= 4 is 0 Å². The molecular weight excluding hydrogens is 226 g/mol. The van der Waals surface area contributed by atoms with Gasteiger partial charge in [0.15, 0.2) is 0 Å². The van der Waals surface area contributed by atoms with Crippen LogP contribution in [-0.2, 0) is 10.3 Å². The lowest BCUT2D eigenvalue weighted by atomic mass is 9.97. The van der Waals surface area contributed by atoms with Gasteiger partial charge in [-0.15, -0.1) is 0 Å². The van der Waals surface area contributed by atoms with Gasteiger partial charge >= 0.3 is 0 Å². The van der Waals surface area contributed by atoms with Crippen LogP contribution >= 0.6 is 0 Å². The van der Waals surface area contributed by atoms with E-state index in [-0.39, 0.29) is 0 Å². The molecule has 0 fully saturated rings. The Morgan fingerprint density at radius 2 is 1.78 bits per heavy atom. The van der Waals surface area contributed by atoms with E-state index < -0.39 is 5.60 Å². The zero-order valence-electron chi connectivity index (χ0n) is 11.7. The number of aliphatic hydroxyl groups is 1. The molecule has 1 aromatic carbocycles. The molecule has 1 aromatic rings. The van der Waals surface area contributed by atoms with Crippen LogP contribution in [0.15, 0.2) is 30.3 Å². The topological polar surface area (TPSA) is 32.7 Å². The van der Waals surface area contributed by atoms with Crippen molar-refractivity contribution in [1.82, 2.24) is 4.90 Å². The van der Waals surface area contributed by atoms with Crippen molar-refractivity contribution < 1.29 is 9.84 Å². The second kappa shape index (κ2) is 7.52. The first-order chi connectivity index (χ1) is 8.60. The summed E-state index contributed by atoms with van der Waals surface area (Å²) in [4.78, 5) is 2.30. The molecule has 0 heterocycles. The Morgan fingerprint density at radius 3 is 2.33 bits per heavy atom. The highest BCUT2D eigenvalue weighted by Crippen LogP contribution is 2.20. The first kappa shape index (κ1) is 15.2. The molecule has 0 bridgehead atoms. The smallest absolute Gasteiger partial charge is 0.110 e. The second-order valence-electron chi connectivity index (χ2n) is 4.72. The van der Waals surface area contributed by atoms with Crippen molar-refractivity contribution in [3.05, 3.63) is 35.9 Å². The molecule has 1 N–H and O–H groups in total. The zero-order valence-corrected chi connectivity index (χ0v) is 11.7. The molecule has 0 aliphatic rings. The predicted octanol–water partition coefficient (Wildman–Crippen LogP) is 2.25. The number of nitrogens with zero attached hydrogens (tertiary/aromatic N) is 1. The van der Waals surface area contributed by atoms with E-state index >= 15 is 0 Å². The normalized spacial score (nSPS) is 14.7. The Hall–Kier alpha value is -0.900. The van der Waals surface area contributed by atoms with Crippen molar-refractivity contribution in [3.63, 3.8) is 0 Å². The summed E-state index contributed by atoms with van der Waals surface area (Å²) >= 11 is 0. The van der Waals surface area contributed by atoms with Gasteiger partial charge in [-0.2, -0.15) is 0 Å². The maximum atomic E-state index is 10.3. The number of benzene rings is 1. The van der Waals surface area contributed by atoms with Gasteiger partial charge in [0.1, 0.15) is 5.60 Å². The van der Waals surface area contributed by atoms with E-state index in [0.29, 0.717) is 13.2 Å². The van der Waals surface area contributed by atoms with Crippen molar-refractivity contribution in [2.45, 2.75) is 26.4 Å². The van der Waals surface area contributed by atoms with Crippen LogP contribution in [0, 0.1) is 0 Å². The molecule has 3 heteroatoms. The predicted molar refractivity (Wildman–Crippen MR) is 74.6 cm³/mol. The molecule has 3 nitrogen and oxygen atoms in total. The molecule has 1 atom stereocenters. The maximum Gasteiger partial charge on any atom is 0.110 e. The fourth-order valence-electron chi connectivity index (χ4n) is 1.88. The van der Waals surface area contributed by atoms with Crippen molar-refractivity contribution in [3.8, 4) is 0 Å². The van der Waals surface area contributed by atoms with Crippen LogP contribution < -0.4 is 0 Å². The van der Waals surface area contributed by atoms with Gasteiger partial charge in [0.2, 0.25) is 0 Å². The largest absolute Gasteiger partial charge is 0.383 e. The molecule has 102 valence electrons. The molecule has 0 spiro atoms. The molecule has 1 rings (SSSR count). The molecule has 0 radical (unpaired) electrons. The van der Waals surface area contributed by atoms with Gasteiger partial charge in [-0.3, -0.25) is 0 Å². The molecule has 0 saturated heterocycles. The van der Waals surface area contributed by atoms with Crippen LogP contribution in [0.1, 0.15) is 26.3 Å². The van der Waals surface area contributed by atoms with Crippen molar-refractivity contribution in [1.29, 1.82) is 0 Å². The fourth-order valence-corrected chi connectivity index (χ4v) is 1.88. The van der Waals surface area contributed by atoms with Gasteiger partial charge in [-0.1, -0.05) is 44.2 Å². The van der Waals surface area contributed by atoms with Crippen LogP contribution in [0.2, 0.25) is 0 Å². The van der Waals surface area contributed by atoms with Crippen LogP contribution in [-0.4, -0.2) is 42.9 Å². The first-order valence-corrected chi connectivity index (χ1v) is 6.68. The quantitative estimate of drug-likeness (QED) is 0.719. The molecule has 0 aromatic heterocycles. The summed E-state index contributed by atoms with van der Waals surface area (Å²) in [6.07, 6.45) is 0. The van der Waals surface area contributed by atoms with Crippen LogP contribution in [0.25, 0.3) is 0 Å². The minimum atomic E-state index is -0.912. The molecular formula is C15H25NO2. The lowest BCUT2D eigenvalue weighted by Crippen LogP contribution is -2.31. The summed E-state index contributed by atoms with van der Waals surface area (Å²) in [5.74, 6) is 0. The molecule has 0 saturated carbocycles. The molecule has 0 aliphatic heterocycles. The van der Waals surface area contributed by atoms with Crippen molar-refractivity contribution in [2.75, 3.05) is 32.8 Å². The Labute approximate surface area is 110 Å². The summed E-state index contributed by atoms with van der Waals surface area (Å²) in [5.41, 5.74) is -0.0160. The summed E-state index contributed by atoms with van der Waals surface area (Å²) in [5, 5.41) is 10.3. The highest BCUT2D eigenvalue weighted by Gasteiger charge is 2.22. The fraction of sp³-hybridized carbons (Fsp3) is 0.600. The minimum Gasteiger partial charge on any atom is -0.383 e. The third-order valence-corrected chi connectivity index (χ3v) is 3.23. The number of ether oxygens (including phenoxy) is 1. The summed E-state index contributed by atoms with van der Waals surface area (Å²) in [6.45, 7) is 10.1. The Morgan fingerprint density at radius 1 is 1.17 bits per heavy atom. The van der Waals surface area contributed by atoms with Crippen LogP contribution in [0.3, 0.4) is 0 Å². The van der Waals surface area contributed by atoms with E-state index in [2.05, 4.69) is 18.7 Å². The van der Waals surface area contributed by atoms with Crippen LogP contribution in [0.5, 0.6) is 0 Å². The Kier molecular flexibility index (Phi) is 6.33. The Bertz CT molecular complexity index is 321. The minimum absolute atomic E-state index is 0.332. The molecule has 0 aliphatic carbocycles. The van der Waals surface area contributed by atoms with Gasteiger partial charge in [0.05, 0.1) is 13.2 Å². The van der Waals surface area contributed by atoms with E-state index in [0.717, 1.165) is 25.2 Å².